The summed E-state index contributed by atoms with van der Waals surface area (Å²) < 4.78 is 33.2. The molecular weight excluding hydrogens is 246 g/mol. The minimum Gasteiger partial charge on any atom is -0.425 e. The van der Waals surface area contributed by atoms with Gasteiger partial charge in [-0.15, -0.1) is 0 Å². The standard InChI is InChI=1S/C10H7NO5S/c12-9(6-11-17(13)14)16-10-5-7-3-1-2-4-8(7)15-10/h1-5H,6H2. The van der Waals surface area contributed by atoms with Crippen molar-refractivity contribution in [2.45, 2.75) is 0 Å². The average molecular weight is 253 g/mol. The lowest BCUT2D eigenvalue weighted by Gasteiger charge is -1.94. The first-order valence-corrected chi connectivity index (χ1v) is 5.64. The summed E-state index contributed by atoms with van der Waals surface area (Å²) in [6, 6.07) is 8.67. The topological polar surface area (TPSA) is 85.9 Å². The molecule has 0 aliphatic carbocycles. The number of fused-ring (bicyclic) bond motifs is 1. The monoisotopic (exact) mass is 253 g/mol. The van der Waals surface area contributed by atoms with Crippen molar-refractivity contribution in [1.82, 2.24) is 0 Å². The van der Waals surface area contributed by atoms with Crippen LogP contribution >= 0.6 is 0 Å². The Morgan fingerprint density at radius 3 is 2.82 bits per heavy atom. The molecule has 0 N–H and O–H groups in total. The fraction of sp³-hybridized carbons (Fsp3) is 0.100. The Morgan fingerprint density at radius 2 is 2.12 bits per heavy atom. The number of carbonyl (C=O) groups excluding carboxylic acids is 1. The minimum absolute atomic E-state index is 0.0167. The molecule has 0 atom stereocenters. The maximum atomic E-state index is 11.1. The van der Waals surface area contributed by atoms with Crippen LogP contribution in [0.4, 0.5) is 0 Å². The van der Waals surface area contributed by atoms with Gasteiger partial charge in [-0.25, -0.2) is 4.79 Å². The highest BCUT2D eigenvalue weighted by Crippen LogP contribution is 2.24. The zero-order chi connectivity index (χ0) is 12.3. The molecule has 1 aromatic heterocycles. The molecule has 7 heteroatoms. The van der Waals surface area contributed by atoms with E-state index in [0.29, 0.717) is 5.58 Å². The van der Waals surface area contributed by atoms with Gasteiger partial charge < -0.3 is 9.15 Å². The smallest absolute Gasteiger partial charge is 0.336 e. The number of nitrogens with zero attached hydrogens (tertiary/aromatic N) is 1. The first kappa shape index (κ1) is 11.3. The van der Waals surface area contributed by atoms with Crippen molar-refractivity contribution in [2.24, 2.45) is 4.36 Å². The fourth-order valence-electron chi connectivity index (χ4n) is 1.26. The molecule has 17 heavy (non-hydrogen) atoms. The number of carbonyl (C=O) groups is 1. The summed E-state index contributed by atoms with van der Waals surface area (Å²) in [5.41, 5.74) is 0.583. The van der Waals surface area contributed by atoms with Crippen LogP contribution < -0.4 is 4.74 Å². The normalized spacial score (nSPS) is 10.1. The molecule has 1 heterocycles. The molecule has 1 aromatic carbocycles. The third-order valence-electron chi connectivity index (χ3n) is 1.92. The van der Waals surface area contributed by atoms with Crippen LogP contribution in [0.15, 0.2) is 39.1 Å². The van der Waals surface area contributed by atoms with Crippen molar-refractivity contribution in [3.05, 3.63) is 30.3 Å². The van der Waals surface area contributed by atoms with Crippen LogP contribution in [0.25, 0.3) is 11.0 Å². The van der Waals surface area contributed by atoms with Gasteiger partial charge in [0, 0.05) is 11.5 Å². The second-order valence-corrected chi connectivity index (χ2v) is 3.77. The van der Waals surface area contributed by atoms with Gasteiger partial charge in [0.05, 0.1) is 0 Å². The van der Waals surface area contributed by atoms with Crippen LogP contribution in [0.1, 0.15) is 0 Å². The summed E-state index contributed by atoms with van der Waals surface area (Å²) in [6.07, 6.45) is 0. The van der Waals surface area contributed by atoms with Crippen molar-refractivity contribution < 1.29 is 22.4 Å². The molecule has 2 rings (SSSR count). The quantitative estimate of drug-likeness (QED) is 0.772. The van der Waals surface area contributed by atoms with E-state index >= 15 is 0 Å². The molecule has 0 unspecified atom stereocenters. The van der Waals surface area contributed by atoms with E-state index in [0.717, 1.165) is 5.39 Å². The van der Waals surface area contributed by atoms with Gasteiger partial charge in [-0.05, 0) is 6.07 Å². The average Bonchev–Trinajstić information content (AvgIpc) is 2.68. The number of para-hydroxylation sites is 1. The highest BCUT2D eigenvalue weighted by molar-refractivity contribution is 7.61. The van der Waals surface area contributed by atoms with E-state index < -0.39 is 23.0 Å². The highest BCUT2D eigenvalue weighted by atomic mass is 32.2. The Hall–Kier alpha value is -2.15. The van der Waals surface area contributed by atoms with Crippen LogP contribution in [-0.2, 0) is 15.3 Å². The summed E-state index contributed by atoms with van der Waals surface area (Å²) in [5, 5.41) is 0.791. The number of hydrogen-bond donors (Lipinski definition) is 0. The third-order valence-corrected chi connectivity index (χ3v) is 2.26. The highest BCUT2D eigenvalue weighted by Gasteiger charge is 2.09. The molecular formula is C10H7NO5S. The number of rotatable bonds is 3. The predicted molar refractivity (Wildman–Crippen MR) is 58.1 cm³/mol. The number of furan rings is 1. The van der Waals surface area contributed by atoms with Gasteiger partial charge in [-0.2, -0.15) is 12.8 Å². The van der Waals surface area contributed by atoms with Crippen molar-refractivity contribution in [3.8, 4) is 5.95 Å². The van der Waals surface area contributed by atoms with Crippen molar-refractivity contribution in [3.63, 3.8) is 0 Å². The fourth-order valence-corrected chi connectivity index (χ4v) is 1.47. The summed E-state index contributed by atoms with van der Waals surface area (Å²) in [5.74, 6) is -0.781. The summed E-state index contributed by atoms with van der Waals surface area (Å²) in [6.45, 7) is -0.562. The van der Waals surface area contributed by atoms with E-state index in [2.05, 4.69) is 4.36 Å². The van der Waals surface area contributed by atoms with Gasteiger partial charge in [-0.1, -0.05) is 18.2 Å². The third kappa shape index (κ3) is 2.91. The number of benzene rings is 1. The molecule has 0 aliphatic rings. The SMILES string of the molecule is O=C(CN=S(=O)=O)Oc1cc2ccccc2o1. The Bertz CT molecular complexity index is 645. The molecule has 0 amide bonds. The molecule has 0 fully saturated rings. The summed E-state index contributed by atoms with van der Waals surface area (Å²) in [4.78, 5) is 11.1. The number of ether oxygens (including phenoxy) is 1. The van der Waals surface area contributed by atoms with Crippen LogP contribution in [0.3, 0.4) is 0 Å². The second kappa shape index (κ2) is 4.79. The minimum atomic E-state index is -2.62. The number of esters is 1. The van der Waals surface area contributed by atoms with E-state index in [-0.39, 0.29) is 5.95 Å². The first-order valence-electron chi connectivity index (χ1n) is 4.61. The molecule has 0 radical (unpaired) electrons. The van der Waals surface area contributed by atoms with Crippen LogP contribution in [-0.4, -0.2) is 20.9 Å². The zero-order valence-corrected chi connectivity index (χ0v) is 9.31. The van der Waals surface area contributed by atoms with Crippen LogP contribution in [0, 0.1) is 0 Å². The summed E-state index contributed by atoms with van der Waals surface area (Å²) >= 11 is 0. The lowest BCUT2D eigenvalue weighted by molar-refractivity contribution is -0.133. The van der Waals surface area contributed by atoms with Crippen molar-refractivity contribution in [2.75, 3.05) is 6.54 Å². The van der Waals surface area contributed by atoms with E-state index in [4.69, 9.17) is 9.15 Å². The van der Waals surface area contributed by atoms with Gasteiger partial charge in [-0.3, -0.25) is 0 Å². The van der Waals surface area contributed by atoms with Gasteiger partial charge in [0.2, 0.25) is 0 Å². The van der Waals surface area contributed by atoms with E-state index in [1.165, 1.54) is 0 Å². The molecule has 0 saturated heterocycles. The molecule has 0 bridgehead atoms. The first-order chi connectivity index (χ1) is 8.15. The Balaban J connectivity index is 2.13. The van der Waals surface area contributed by atoms with Crippen molar-refractivity contribution in [1.29, 1.82) is 0 Å². The maximum Gasteiger partial charge on any atom is 0.336 e. The van der Waals surface area contributed by atoms with Crippen LogP contribution in [0.5, 0.6) is 5.95 Å². The largest absolute Gasteiger partial charge is 0.425 e. The predicted octanol–water partition coefficient (Wildman–Crippen LogP) is 1.40. The zero-order valence-electron chi connectivity index (χ0n) is 8.49. The summed E-state index contributed by atoms with van der Waals surface area (Å²) in [7, 11) is -2.62. The molecule has 0 spiro atoms. The van der Waals surface area contributed by atoms with Gasteiger partial charge >= 0.3 is 16.5 Å². The lowest BCUT2D eigenvalue weighted by atomic mass is 10.3. The van der Waals surface area contributed by atoms with Gasteiger partial charge in [0.15, 0.2) is 6.54 Å². The molecule has 0 saturated carbocycles. The maximum absolute atomic E-state index is 11.1. The van der Waals surface area contributed by atoms with E-state index in [1.54, 1.807) is 24.3 Å². The van der Waals surface area contributed by atoms with Gasteiger partial charge in [0.25, 0.3) is 5.95 Å². The number of hydrogen-bond acceptors (Lipinski definition) is 6. The van der Waals surface area contributed by atoms with E-state index in [1.807, 2.05) is 6.07 Å². The Morgan fingerprint density at radius 1 is 1.35 bits per heavy atom. The van der Waals surface area contributed by atoms with Gasteiger partial charge in [0.1, 0.15) is 5.58 Å². The van der Waals surface area contributed by atoms with Crippen molar-refractivity contribution >= 4 is 27.4 Å². The Labute approximate surface area is 97.5 Å². The molecule has 6 nitrogen and oxygen atoms in total. The second-order valence-electron chi connectivity index (χ2n) is 3.08. The van der Waals surface area contributed by atoms with E-state index in [9.17, 15) is 13.2 Å². The molecule has 0 aliphatic heterocycles. The molecule has 88 valence electrons. The lowest BCUT2D eigenvalue weighted by Crippen LogP contribution is -2.10. The molecule has 2 aromatic rings. The Kier molecular flexibility index (Phi) is 3.20. The van der Waals surface area contributed by atoms with Crippen LogP contribution in [0.2, 0.25) is 0 Å².